The number of hydrogen-bond acceptors (Lipinski definition) is 3. The third kappa shape index (κ3) is 3.23. The summed E-state index contributed by atoms with van der Waals surface area (Å²) in [6, 6.07) is 14.0. The standard InChI is InChI=1S/C16H16ClN3S/c1-10-2-7-13-14(8-10)20-16(19-13)21-15(9-18)11-3-5-12(17)6-4-11/h2-8,15H,9,18H2,1H3,(H,19,20). The van der Waals surface area contributed by atoms with E-state index in [-0.39, 0.29) is 5.25 Å². The topological polar surface area (TPSA) is 54.7 Å². The molecule has 1 atom stereocenters. The van der Waals surface area contributed by atoms with Crippen LogP contribution in [0.4, 0.5) is 0 Å². The first-order valence-corrected chi connectivity index (χ1v) is 8.00. The fourth-order valence-electron chi connectivity index (χ4n) is 2.22. The summed E-state index contributed by atoms with van der Waals surface area (Å²) >= 11 is 7.58. The maximum Gasteiger partial charge on any atom is 0.167 e. The molecule has 5 heteroatoms. The lowest BCUT2D eigenvalue weighted by molar-refractivity contribution is 0.929. The Morgan fingerprint density at radius 3 is 2.71 bits per heavy atom. The van der Waals surface area contributed by atoms with Crippen LogP contribution >= 0.6 is 23.4 Å². The Kier molecular flexibility index (Phi) is 4.19. The molecule has 0 aliphatic heterocycles. The van der Waals surface area contributed by atoms with Crippen LogP contribution in [0.2, 0.25) is 5.02 Å². The van der Waals surface area contributed by atoms with Crippen LogP contribution in [0.3, 0.4) is 0 Å². The van der Waals surface area contributed by atoms with E-state index >= 15 is 0 Å². The summed E-state index contributed by atoms with van der Waals surface area (Å²) in [5.41, 5.74) is 10.3. The molecule has 0 aliphatic rings. The van der Waals surface area contributed by atoms with E-state index in [1.54, 1.807) is 11.8 Å². The number of thioether (sulfide) groups is 1. The fraction of sp³-hybridized carbons (Fsp3) is 0.188. The zero-order valence-corrected chi connectivity index (χ0v) is 13.2. The summed E-state index contributed by atoms with van der Waals surface area (Å²) in [7, 11) is 0. The maximum absolute atomic E-state index is 5.93. The monoisotopic (exact) mass is 317 g/mol. The van der Waals surface area contributed by atoms with Gasteiger partial charge in [-0.15, -0.1) is 0 Å². The van der Waals surface area contributed by atoms with Crippen molar-refractivity contribution in [2.75, 3.05) is 6.54 Å². The van der Waals surface area contributed by atoms with Crippen LogP contribution in [0, 0.1) is 6.92 Å². The van der Waals surface area contributed by atoms with E-state index in [4.69, 9.17) is 17.3 Å². The minimum Gasteiger partial charge on any atom is -0.333 e. The van der Waals surface area contributed by atoms with E-state index in [9.17, 15) is 0 Å². The molecule has 1 heterocycles. The normalized spacial score (nSPS) is 12.7. The van der Waals surface area contributed by atoms with Crippen LogP contribution in [-0.4, -0.2) is 16.5 Å². The molecule has 0 saturated heterocycles. The summed E-state index contributed by atoms with van der Waals surface area (Å²) in [6.45, 7) is 2.62. The minimum atomic E-state index is 0.156. The van der Waals surface area contributed by atoms with Gasteiger partial charge in [0.1, 0.15) is 0 Å². The molecule has 3 aromatic rings. The Morgan fingerprint density at radius 1 is 1.24 bits per heavy atom. The molecule has 3 nitrogen and oxygen atoms in total. The van der Waals surface area contributed by atoms with Gasteiger partial charge in [-0.25, -0.2) is 4.98 Å². The van der Waals surface area contributed by atoms with Crippen LogP contribution in [0.25, 0.3) is 11.0 Å². The summed E-state index contributed by atoms with van der Waals surface area (Å²) in [4.78, 5) is 7.96. The van der Waals surface area contributed by atoms with Gasteiger partial charge < -0.3 is 10.7 Å². The van der Waals surface area contributed by atoms with E-state index < -0.39 is 0 Å². The van der Waals surface area contributed by atoms with Crippen molar-refractivity contribution in [3.8, 4) is 0 Å². The molecule has 0 aliphatic carbocycles. The maximum atomic E-state index is 5.93. The molecular formula is C16H16ClN3S. The van der Waals surface area contributed by atoms with Crippen LogP contribution < -0.4 is 5.73 Å². The van der Waals surface area contributed by atoms with Crippen LogP contribution in [0.1, 0.15) is 16.4 Å². The summed E-state index contributed by atoms with van der Waals surface area (Å²) < 4.78 is 0. The van der Waals surface area contributed by atoms with E-state index in [0.717, 1.165) is 26.8 Å². The number of fused-ring (bicyclic) bond motifs is 1. The molecule has 21 heavy (non-hydrogen) atoms. The van der Waals surface area contributed by atoms with Crippen molar-refractivity contribution in [2.45, 2.75) is 17.3 Å². The number of nitrogens with one attached hydrogen (secondary N) is 1. The first kappa shape index (κ1) is 14.4. The highest BCUT2D eigenvalue weighted by Crippen LogP contribution is 2.34. The summed E-state index contributed by atoms with van der Waals surface area (Å²) in [5, 5.41) is 1.78. The van der Waals surface area contributed by atoms with Crippen molar-refractivity contribution in [1.82, 2.24) is 9.97 Å². The van der Waals surface area contributed by atoms with Gasteiger partial charge in [-0.05, 0) is 42.3 Å². The number of hydrogen-bond donors (Lipinski definition) is 2. The van der Waals surface area contributed by atoms with Crippen LogP contribution in [-0.2, 0) is 0 Å². The molecule has 3 N–H and O–H groups in total. The van der Waals surface area contributed by atoms with Crippen LogP contribution in [0.15, 0.2) is 47.6 Å². The van der Waals surface area contributed by atoms with Gasteiger partial charge in [-0.1, -0.05) is 41.6 Å². The number of halogens is 1. The second-order valence-corrected chi connectivity index (χ2v) is 6.58. The predicted octanol–water partition coefficient (Wildman–Crippen LogP) is 4.32. The smallest absolute Gasteiger partial charge is 0.167 e. The average Bonchev–Trinajstić information content (AvgIpc) is 2.87. The molecule has 3 rings (SSSR count). The van der Waals surface area contributed by atoms with Gasteiger partial charge in [-0.2, -0.15) is 0 Å². The lowest BCUT2D eigenvalue weighted by atomic mass is 10.1. The van der Waals surface area contributed by atoms with Gasteiger partial charge >= 0.3 is 0 Å². The number of aromatic amines is 1. The first-order valence-electron chi connectivity index (χ1n) is 6.74. The Labute approximate surface area is 132 Å². The third-order valence-electron chi connectivity index (χ3n) is 3.33. The highest BCUT2D eigenvalue weighted by atomic mass is 35.5. The molecule has 0 bridgehead atoms. The lowest BCUT2D eigenvalue weighted by Crippen LogP contribution is -2.09. The molecule has 0 spiro atoms. The van der Waals surface area contributed by atoms with Gasteiger partial charge in [0, 0.05) is 16.8 Å². The van der Waals surface area contributed by atoms with Crippen molar-refractivity contribution in [3.63, 3.8) is 0 Å². The molecule has 0 radical (unpaired) electrons. The highest BCUT2D eigenvalue weighted by molar-refractivity contribution is 7.99. The number of aryl methyl sites for hydroxylation is 1. The van der Waals surface area contributed by atoms with E-state index in [0.29, 0.717) is 6.54 Å². The van der Waals surface area contributed by atoms with Gasteiger partial charge in [-0.3, -0.25) is 0 Å². The number of nitrogens with zero attached hydrogens (tertiary/aromatic N) is 1. The molecular weight excluding hydrogens is 302 g/mol. The van der Waals surface area contributed by atoms with E-state index in [2.05, 4.69) is 29.0 Å². The molecule has 1 aromatic heterocycles. The number of aromatic nitrogens is 2. The number of rotatable bonds is 4. The Morgan fingerprint density at radius 2 is 2.00 bits per heavy atom. The molecule has 0 amide bonds. The van der Waals surface area contributed by atoms with Crippen molar-refractivity contribution in [1.29, 1.82) is 0 Å². The van der Waals surface area contributed by atoms with Gasteiger partial charge in [0.15, 0.2) is 5.16 Å². The van der Waals surface area contributed by atoms with E-state index in [1.807, 2.05) is 30.3 Å². The predicted molar refractivity (Wildman–Crippen MR) is 89.9 cm³/mol. The van der Waals surface area contributed by atoms with Gasteiger partial charge in [0.2, 0.25) is 0 Å². The Balaban J connectivity index is 1.86. The molecule has 0 fully saturated rings. The fourth-order valence-corrected chi connectivity index (χ4v) is 3.33. The van der Waals surface area contributed by atoms with Crippen molar-refractivity contribution < 1.29 is 0 Å². The van der Waals surface area contributed by atoms with E-state index in [1.165, 1.54) is 5.56 Å². The zero-order chi connectivity index (χ0) is 14.8. The minimum absolute atomic E-state index is 0.156. The SMILES string of the molecule is Cc1ccc2nc(SC(CN)c3ccc(Cl)cc3)[nH]c2c1. The highest BCUT2D eigenvalue weighted by Gasteiger charge is 2.14. The van der Waals surface area contributed by atoms with Gasteiger partial charge in [0.05, 0.1) is 11.0 Å². The second kappa shape index (κ2) is 6.10. The number of benzene rings is 2. The van der Waals surface area contributed by atoms with Gasteiger partial charge in [0.25, 0.3) is 0 Å². The number of nitrogens with two attached hydrogens (primary N) is 1. The lowest BCUT2D eigenvalue weighted by Gasteiger charge is -2.13. The first-order chi connectivity index (χ1) is 10.2. The van der Waals surface area contributed by atoms with Crippen molar-refractivity contribution >= 4 is 34.4 Å². The number of H-pyrrole nitrogens is 1. The second-order valence-electron chi connectivity index (χ2n) is 4.96. The van der Waals surface area contributed by atoms with Crippen molar-refractivity contribution in [3.05, 3.63) is 58.6 Å². The summed E-state index contributed by atoms with van der Waals surface area (Å²) in [6.07, 6.45) is 0. The average molecular weight is 318 g/mol. The number of imidazole rings is 1. The quantitative estimate of drug-likeness (QED) is 0.705. The van der Waals surface area contributed by atoms with Crippen molar-refractivity contribution in [2.24, 2.45) is 5.73 Å². The third-order valence-corrected chi connectivity index (χ3v) is 4.74. The zero-order valence-electron chi connectivity index (χ0n) is 11.6. The van der Waals surface area contributed by atoms with Crippen LogP contribution in [0.5, 0.6) is 0 Å². The molecule has 2 aromatic carbocycles. The largest absolute Gasteiger partial charge is 0.333 e. The Hall–Kier alpha value is -1.49. The molecule has 108 valence electrons. The summed E-state index contributed by atoms with van der Waals surface area (Å²) in [5.74, 6) is 0. The molecule has 0 saturated carbocycles. The molecule has 1 unspecified atom stereocenters. The Bertz CT molecular complexity index is 752.